The van der Waals surface area contributed by atoms with Gasteiger partial charge in [0.1, 0.15) is 0 Å². The fourth-order valence-electron chi connectivity index (χ4n) is 4.09. The summed E-state index contributed by atoms with van der Waals surface area (Å²) in [5.74, 6) is -0.829. The van der Waals surface area contributed by atoms with Crippen LogP contribution < -0.4 is 11.1 Å². The van der Waals surface area contributed by atoms with Gasteiger partial charge >= 0.3 is 5.76 Å². The van der Waals surface area contributed by atoms with Crippen LogP contribution in [0.25, 0.3) is 11.1 Å². The second kappa shape index (κ2) is 9.70. The van der Waals surface area contributed by atoms with Gasteiger partial charge in [0.25, 0.3) is 0 Å². The number of aryl methyl sites for hydroxylation is 1. The maximum Gasteiger partial charge on any atom is 0.419 e. The van der Waals surface area contributed by atoms with E-state index >= 15 is 0 Å². The van der Waals surface area contributed by atoms with Crippen LogP contribution >= 0.6 is 11.6 Å². The van der Waals surface area contributed by atoms with Crippen molar-refractivity contribution in [2.75, 3.05) is 13.1 Å². The first-order valence-corrected chi connectivity index (χ1v) is 12.8. The largest absolute Gasteiger partial charge is 0.419 e. The molecule has 2 aromatic carbocycles. The van der Waals surface area contributed by atoms with Crippen LogP contribution in [0.5, 0.6) is 0 Å². The lowest BCUT2D eigenvalue weighted by Crippen LogP contribution is -2.29. The third-order valence-corrected chi connectivity index (χ3v) is 8.07. The van der Waals surface area contributed by atoms with E-state index in [1.54, 1.807) is 18.2 Å². The van der Waals surface area contributed by atoms with Crippen LogP contribution in [-0.2, 0) is 21.4 Å². The molecule has 1 atom stereocenters. The van der Waals surface area contributed by atoms with Crippen molar-refractivity contribution < 1.29 is 17.6 Å². The number of rotatable bonds is 8. The maximum absolute atomic E-state index is 12.8. The molecule has 1 unspecified atom stereocenters. The molecule has 1 amide bonds. The summed E-state index contributed by atoms with van der Waals surface area (Å²) in [7, 11) is -3.62. The Morgan fingerprint density at radius 1 is 1.15 bits per heavy atom. The third kappa shape index (κ3) is 5.00. The molecular formula is C23H26ClN3O5S. The predicted octanol–water partition coefficient (Wildman–Crippen LogP) is 3.69. The molecule has 0 bridgehead atoms. The molecule has 8 nitrogen and oxygen atoms in total. The van der Waals surface area contributed by atoms with Crippen molar-refractivity contribution in [3.8, 4) is 0 Å². The number of benzene rings is 2. The van der Waals surface area contributed by atoms with E-state index in [9.17, 15) is 18.0 Å². The molecule has 2 heterocycles. The Morgan fingerprint density at radius 3 is 2.52 bits per heavy atom. The quantitative estimate of drug-likeness (QED) is 0.517. The number of amides is 1. The second-order valence-corrected chi connectivity index (χ2v) is 10.5. The zero-order valence-electron chi connectivity index (χ0n) is 18.3. The van der Waals surface area contributed by atoms with Crippen LogP contribution in [0.2, 0.25) is 5.02 Å². The Kier molecular flexibility index (Phi) is 6.92. The van der Waals surface area contributed by atoms with Crippen molar-refractivity contribution in [2.24, 2.45) is 0 Å². The number of nitrogens with zero attached hydrogens (tertiary/aromatic N) is 2. The molecule has 1 aliphatic heterocycles. The minimum absolute atomic E-state index is 0.0759. The van der Waals surface area contributed by atoms with Crippen molar-refractivity contribution in [1.29, 1.82) is 0 Å². The van der Waals surface area contributed by atoms with Crippen molar-refractivity contribution >= 4 is 38.6 Å². The smallest absolute Gasteiger partial charge is 0.408 e. The van der Waals surface area contributed by atoms with Crippen LogP contribution in [0.15, 0.2) is 56.6 Å². The number of oxazole rings is 1. The van der Waals surface area contributed by atoms with Gasteiger partial charge in [0.2, 0.25) is 15.9 Å². The highest BCUT2D eigenvalue weighted by molar-refractivity contribution is 7.89. The highest BCUT2D eigenvalue weighted by atomic mass is 35.5. The van der Waals surface area contributed by atoms with Gasteiger partial charge < -0.3 is 9.73 Å². The van der Waals surface area contributed by atoms with Crippen LogP contribution in [-0.4, -0.2) is 36.3 Å². The molecule has 10 heteroatoms. The molecule has 33 heavy (non-hydrogen) atoms. The lowest BCUT2D eigenvalue weighted by atomic mass is 10.0. The molecule has 0 aliphatic carbocycles. The topological polar surface area (TPSA) is 102 Å². The number of aromatic nitrogens is 1. The Balaban J connectivity index is 1.47. The average Bonchev–Trinajstić information content (AvgIpc) is 3.44. The van der Waals surface area contributed by atoms with Gasteiger partial charge in [-0.2, -0.15) is 4.31 Å². The van der Waals surface area contributed by atoms with E-state index in [-0.39, 0.29) is 35.4 Å². The van der Waals surface area contributed by atoms with E-state index in [1.807, 2.05) is 19.1 Å². The van der Waals surface area contributed by atoms with E-state index in [0.717, 1.165) is 18.4 Å². The fourth-order valence-corrected chi connectivity index (χ4v) is 5.75. The number of hydrogen-bond acceptors (Lipinski definition) is 5. The van der Waals surface area contributed by atoms with Crippen molar-refractivity contribution in [1.82, 2.24) is 14.2 Å². The summed E-state index contributed by atoms with van der Waals surface area (Å²) < 4.78 is 33.7. The van der Waals surface area contributed by atoms with Gasteiger partial charge in [-0.05, 0) is 49.1 Å². The number of carbonyl (C=O) groups is 1. The predicted molar refractivity (Wildman–Crippen MR) is 126 cm³/mol. The van der Waals surface area contributed by atoms with Gasteiger partial charge in [-0.15, -0.1) is 0 Å². The van der Waals surface area contributed by atoms with Gasteiger partial charge in [0, 0.05) is 37.1 Å². The Morgan fingerprint density at radius 2 is 1.85 bits per heavy atom. The van der Waals surface area contributed by atoms with Crippen LogP contribution in [0.1, 0.15) is 44.2 Å². The second-order valence-electron chi connectivity index (χ2n) is 8.09. The monoisotopic (exact) mass is 491 g/mol. The van der Waals surface area contributed by atoms with Gasteiger partial charge in [-0.3, -0.25) is 9.36 Å². The Hall–Kier alpha value is -2.62. The zero-order chi connectivity index (χ0) is 23.6. The Labute approximate surface area is 197 Å². The molecule has 1 N–H and O–H groups in total. The molecule has 1 aliphatic rings. The molecule has 4 rings (SSSR count). The summed E-state index contributed by atoms with van der Waals surface area (Å²) in [4.78, 5) is 25.1. The van der Waals surface area contributed by atoms with Crippen LogP contribution in [0, 0.1) is 0 Å². The lowest BCUT2D eigenvalue weighted by Gasteiger charge is -2.17. The number of sulfonamides is 1. The molecule has 1 aromatic heterocycles. The van der Waals surface area contributed by atoms with E-state index in [1.165, 1.54) is 21.0 Å². The average molecular weight is 492 g/mol. The number of fused-ring (bicyclic) bond motifs is 1. The standard InChI is InChI=1S/C23H26ClN3O5S/c1-2-19(16-5-7-17(24)8-6-16)25-22(28)11-14-27-20-10-9-18(15-21(20)32-23(27)29)33(30,31)26-12-3-4-13-26/h5-10,15,19H,2-4,11-14H2,1H3,(H,25,28). The number of halogens is 1. The van der Waals surface area contributed by atoms with Gasteiger partial charge in [0.15, 0.2) is 5.58 Å². The van der Waals surface area contributed by atoms with Crippen molar-refractivity contribution in [3.63, 3.8) is 0 Å². The normalized spacial score (nSPS) is 15.7. The van der Waals surface area contributed by atoms with Crippen molar-refractivity contribution in [3.05, 3.63) is 63.6 Å². The Bertz CT molecular complexity index is 1310. The lowest BCUT2D eigenvalue weighted by molar-refractivity contribution is -0.122. The molecule has 1 fully saturated rings. The molecule has 3 aromatic rings. The summed E-state index contributed by atoms with van der Waals surface area (Å²) in [6, 6.07) is 11.6. The highest BCUT2D eigenvalue weighted by Crippen LogP contribution is 2.24. The highest BCUT2D eigenvalue weighted by Gasteiger charge is 2.28. The summed E-state index contributed by atoms with van der Waals surface area (Å²) in [5, 5.41) is 3.61. The molecular weight excluding hydrogens is 466 g/mol. The molecule has 1 saturated heterocycles. The molecule has 0 saturated carbocycles. The number of carbonyl (C=O) groups excluding carboxylic acids is 1. The SMILES string of the molecule is CCC(NC(=O)CCn1c(=O)oc2cc(S(=O)(=O)N3CCCC3)ccc21)c1ccc(Cl)cc1. The van der Waals surface area contributed by atoms with Gasteiger partial charge in [-0.25, -0.2) is 13.2 Å². The van der Waals surface area contributed by atoms with Gasteiger partial charge in [0.05, 0.1) is 16.5 Å². The minimum atomic E-state index is -3.62. The van der Waals surface area contributed by atoms with E-state index in [0.29, 0.717) is 30.0 Å². The third-order valence-electron chi connectivity index (χ3n) is 5.92. The fraction of sp³-hybridized carbons (Fsp3) is 0.391. The summed E-state index contributed by atoms with van der Waals surface area (Å²) in [5.41, 5.74) is 1.60. The van der Waals surface area contributed by atoms with E-state index < -0.39 is 15.8 Å². The summed E-state index contributed by atoms with van der Waals surface area (Å²) >= 11 is 5.94. The van der Waals surface area contributed by atoms with E-state index in [2.05, 4.69) is 5.32 Å². The zero-order valence-corrected chi connectivity index (χ0v) is 19.9. The summed E-state index contributed by atoms with van der Waals surface area (Å²) in [6.45, 7) is 3.08. The number of nitrogens with one attached hydrogen (secondary N) is 1. The van der Waals surface area contributed by atoms with Crippen LogP contribution in [0.4, 0.5) is 0 Å². The summed E-state index contributed by atoms with van der Waals surface area (Å²) in [6.07, 6.45) is 2.46. The van der Waals surface area contributed by atoms with Gasteiger partial charge in [-0.1, -0.05) is 30.7 Å². The first-order chi connectivity index (χ1) is 15.8. The van der Waals surface area contributed by atoms with Crippen LogP contribution in [0.3, 0.4) is 0 Å². The molecule has 0 spiro atoms. The number of hydrogen-bond donors (Lipinski definition) is 1. The van der Waals surface area contributed by atoms with Crippen molar-refractivity contribution in [2.45, 2.75) is 50.1 Å². The first-order valence-electron chi connectivity index (χ1n) is 11.0. The minimum Gasteiger partial charge on any atom is -0.408 e. The maximum atomic E-state index is 12.8. The molecule has 0 radical (unpaired) electrons. The molecule has 176 valence electrons. The van der Waals surface area contributed by atoms with E-state index in [4.69, 9.17) is 16.0 Å². The first kappa shape index (κ1) is 23.5.